The summed E-state index contributed by atoms with van der Waals surface area (Å²) >= 11 is 6.24. The first-order valence-corrected chi connectivity index (χ1v) is 12.6. The Morgan fingerprint density at radius 1 is 1.06 bits per heavy atom. The van der Waals surface area contributed by atoms with E-state index in [0.717, 1.165) is 36.8 Å². The molecule has 0 radical (unpaired) electrons. The van der Waals surface area contributed by atoms with Gasteiger partial charge < -0.3 is 10.0 Å². The molecule has 1 N–H and O–H groups in total. The van der Waals surface area contributed by atoms with Crippen molar-refractivity contribution in [3.05, 3.63) is 89.5 Å². The Morgan fingerprint density at radius 2 is 1.89 bits per heavy atom. The van der Waals surface area contributed by atoms with Gasteiger partial charge in [-0.05, 0) is 43.0 Å². The number of hydrogen-bond acceptors (Lipinski definition) is 4. The maximum Gasteiger partial charge on any atom is 0.290 e. The smallest absolute Gasteiger partial charge is 0.290 e. The van der Waals surface area contributed by atoms with Gasteiger partial charge >= 0.3 is 0 Å². The van der Waals surface area contributed by atoms with E-state index < -0.39 is 5.60 Å². The van der Waals surface area contributed by atoms with Crippen molar-refractivity contribution in [3.8, 4) is 11.3 Å². The molecule has 2 aromatic heterocycles. The Balaban J connectivity index is 1.39. The molecule has 7 heteroatoms. The van der Waals surface area contributed by atoms with Gasteiger partial charge in [0.1, 0.15) is 5.69 Å². The summed E-state index contributed by atoms with van der Waals surface area (Å²) < 4.78 is 1.77. The number of halogens is 1. The van der Waals surface area contributed by atoms with Crippen molar-refractivity contribution in [3.63, 3.8) is 0 Å². The molecule has 3 atom stereocenters. The summed E-state index contributed by atoms with van der Waals surface area (Å²) in [6.45, 7) is 0.479. The van der Waals surface area contributed by atoms with Crippen molar-refractivity contribution in [1.82, 2.24) is 19.3 Å². The molecule has 2 aliphatic rings. The number of piperidine rings is 1. The molecular formula is C28H27ClN4O2. The number of imidazole rings is 1. The van der Waals surface area contributed by atoms with E-state index in [0.29, 0.717) is 35.2 Å². The van der Waals surface area contributed by atoms with Crippen LogP contribution in [-0.4, -0.2) is 42.9 Å². The van der Waals surface area contributed by atoms with Crippen LogP contribution >= 0.6 is 11.6 Å². The van der Waals surface area contributed by atoms with Gasteiger partial charge in [0.05, 0.1) is 5.60 Å². The number of rotatable bonds is 3. The topological polar surface area (TPSA) is 70.7 Å². The van der Waals surface area contributed by atoms with E-state index in [1.807, 2.05) is 65.7 Å². The lowest BCUT2D eigenvalue weighted by molar-refractivity contribution is -0.110. The monoisotopic (exact) mass is 486 g/mol. The van der Waals surface area contributed by atoms with Gasteiger partial charge in [-0.1, -0.05) is 66.9 Å². The number of aliphatic hydroxyl groups is 1. The Bertz CT molecular complexity index is 1390. The summed E-state index contributed by atoms with van der Waals surface area (Å²) in [5.74, 6) is 0.221. The normalized spacial score (nSPS) is 24.3. The van der Waals surface area contributed by atoms with Gasteiger partial charge in [0.25, 0.3) is 5.91 Å². The molecule has 1 saturated heterocycles. The Hall–Kier alpha value is -3.22. The fraction of sp³-hybridized carbons (Fsp3) is 0.321. The van der Waals surface area contributed by atoms with Crippen molar-refractivity contribution in [2.75, 3.05) is 6.54 Å². The molecule has 1 amide bonds. The molecule has 3 heterocycles. The maximum atomic E-state index is 14.0. The summed E-state index contributed by atoms with van der Waals surface area (Å²) in [6.07, 6.45) is 7.94. The molecule has 1 saturated carbocycles. The van der Waals surface area contributed by atoms with E-state index in [1.165, 1.54) is 0 Å². The van der Waals surface area contributed by atoms with Crippen LogP contribution in [0.15, 0.2) is 73.1 Å². The van der Waals surface area contributed by atoms with E-state index in [9.17, 15) is 9.90 Å². The second kappa shape index (κ2) is 8.77. The highest BCUT2D eigenvalue weighted by molar-refractivity contribution is 6.30. The minimum absolute atomic E-state index is 0.00639. The lowest BCUT2D eigenvalue weighted by atomic mass is 9.66. The number of benzene rings is 2. The molecular weight excluding hydrogens is 460 g/mol. The molecule has 35 heavy (non-hydrogen) atoms. The van der Waals surface area contributed by atoms with Gasteiger partial charge in [0.15, 0.2) is 5.65 Å². The third kappa shape index (κ3) is 3.72. The van der Waals surface area contributed by atoms with Gasteiger partial charge in [0, 0.05) is 41.5 Å². The molecule has 2 fully saturated rings. The Labute approximate surface area is 209 Å². The highest BCUT2D eigenvalue weighted by Gasteiger charge is 2.50. The van der Waals surface area contributed by atoms with Crippen LogP contribution in [-0.2, 0) is 5.60 Å². The molecule has 1 aliphatic heterocycles. The van der Waals surface area contributed by atoms with Crippen molar-refractivity contribution >= 4 is 23.2 Å². The zero-order chi connectivity index (χ0) is 24.0. The maximum absolute atomic E-state index is 14.0. The number of carbonyl (C=O) groups excluding carboxylic acids is 1. The minimum atomic E-state index is -0.925. The second-order valence-corrected chi connectivity index (χ2v) is 10.0. The largest absolute Gasteiger partial charge is 0.385 e. The average Bonchev–Trinajstić information content (AvgIpc) is 3.29. The standard InChI is InChI=1S/C28H27ClN4O2/c29-21-11-6-8-19(18-21)24-25-30-15-7-16-33(25)26(31-24)27(34)32-17-14-28(35,20-9-2-1-3-10-20)22-12-4-5-13-23(22)32/h1-3,6-11,15-16,18,22-23,35H,4-5,12-14,17H2. The minimum Gasteiger partial charge on any atom is -0.385 e. The van der Waals surface area contributed by atoms with Crippen molar-refractivity contribution in [1.29, 1.82) is 0 Å². The van der Waals surface area contributed by atoms with Crippen LogP contribution < -0.4 is 0 Å². The highest BCUT2D eigenvalue weighted by Crippen LogP contribution is 2.47. The van der Waals surface area contributed by atoms with Crippen molar-refractivity contribution in [2.24, 2.45) is 5.92 Å². The number of aromatic nitrogens is 3. The SMILES string of the molecule is O=C(c1nc(-c2cccc(Cl)c2)c2ncccn12)N1CCC(O)(c2ccccc2)C2CCCCC21. The number of hydrogen-bond donors (Lipinski definition) is 1. The van der Waals surface area contributed by atoms with E-state index in [2.05, 4.69) is 4.98 Å². The molecule has 3 unspecified atom stereocenters. The second-order valence-electron chi connectivity index (χ2n) is 9.60. The van der Waals surface area contributed by atoms with Crippen LogP contribution in [0.4, 0.5) is 0 Å². The molecule has 6 rings (SSSR count). The molecule has 178 valence electrons. The molecule has 0 spiro atoms. The Kier molecular flexibility index (Phi) is 5.58. The summed E-state index contributed by atoms with van der Waals surface area (Å²) in [5, 5.41) is 12.5. The van der Waals surface area contributed by atoms with Gasteiger partial charge in [-0.2, -0.15) is 0 Å². The first-order chi connectivity index (χ1) is 17.1. The molecule has 2 aromatic carbocycles. The zero-order valence-electron chi connectivity index (χ0n) is 19.3. The predicted octanol–water partition coefficient (Wildman–Crippen LogP) is 5.34. The molecule has 6 nitrogen and oxygen atoms in total. The first kappa shape index (κ1) is 22.3. The molecule has 0 bridgehead atoms. The number of likely N-dealkylation sites (tertiary alicyclic amines) is 1. The van der Waals surface area contributed by atoms with Crippen molar-refractivity contribution in [2.45, 2.75) is 43.7 Å². The van der Waals surface area contributed by atoms with E-state index in [4.69, 9.17) is 16.6 Å². The summed E-state index contributed by atoms with van der Waals surface area (Å²) in [4.78, 5) is 25.3. The first-order valence-electron chi connectivity index (χ1n) is 12.2. The third-order valence-electron chi connectivity index (χ3n) is 7.70. The Morgan fingerprint density at radius 3 is 2.71 bits per heavy atom. The fourth-order valence-corrected chi connectivity index (χ4v) is 6.25. The fourth-order valence-electron chi connectivity index (χ4n) is 6.06. The lowest BCUT2D eigenvalue weighted by Gasteiger charge is -2.52. The van der Waals surface area contributed by atoms with Gasteiger partial charge in [-0.3, -0.25) is 9.20 Å². The van der Waals surface area contributed by atoms with Crippen molar-refractivity contribution < 1.29 is 9.90 Å². The van der Waals surface area contributed by atoms with Crippen LogP contribution in [0.3, 0.4) is 0 Å². The average molecular weight is 487 g/mol. The van der Waals surface area contributed by atoms with E-state index in [1.54, 1.807) is 16.7 Å². The van der Waals surface area contributed by atoms with Crippen LogP contribution in [0, 0.1) is 5.92 Å². The summed E-state index contributed by atoms with van der Waals surface area (Å²) in [5.41, 5.74) is 2.10. The zero-order valence-corrected chi connectivity index (χ0v) is 20.1. The molecule has 4 aromatic rings. The number of fused-ring (bicyclic) bond motifs is 2. The van der Waals surface area contributed by atoms with Gasteiger partial charge in [-0.15, -0.1) is 0 Å². The number of carbonyl (C=O) groups is 1. The van der Waals surface area contributed by atoms with Crippen LogP contribution in [0.1, 0.15) is 48.3 Å². The number of nitrogens with zero attached hydrogens (tertiary/aromatic N) is 4. The highest BCUT2D eigenvalue weighted by atomic mass is 35.5. The van der Waals surface area contributed by atoms with Crippen LogP contribution in [0.25, 0.3) is 16.9 Å². The van der Waals surface area contributed by atoms with Gasteiger partial charge in [-0.25, -0.2) is 9.97 Å². The van der Waals surface area contributed by atoms with Crippen LogP contribution in [0.2, 0.25) is 5.02 Å². The molecule has 1 aliphatic carbocycles. The number of amides is 1. The summed E-state index contributed by atoms with van der Waals surface area (Å²) in [7, 11) is 0. The van der Waals surface area contributed by atoms with Crippen LogP contribution in [0.5, 0.6) is 0 Å². The third-order valence-corrected chi connectivity index (χ3v) is 7.94. The quantitative estimate of drug-likeness (QED) is 0.424. The van der Waals surface area contributed by atoms with E-state index in [-0.39, 0.29) is 17.9 Å². The lowest BCUT2D eigenvalue weighted by Crippen LogP contribution is -2.59. The van der Waals surface area contributed by atoms with Gasteiger partial charge in [0.2, 0.25) is 5.82 Å². The predicted molar refractivity (Wildman–Crippen MR) is 135 cm³/mol. The summed E-state index contributed by atoms with van der Waals surface area (Å²) in [6, 6.07) is 19.2. The van der Waals surface area contributed by atoms with E-state index >= 15 is 0 Å².